The molecular formula is C39H36NO14+. The van der Waals surface area contributed by atoms with Crippen LogP contribution >= 0.6 is 0 Å². The van der Waals surface area contributed by atoms with Crippen molar-refractivity contribution in [2.45, 2.75) is 50.4 Å². The summed E-state index contributed by atoms with van der Waals surface area (Å²) in [4.78, 5) is 12.9. The molecule has 0 spiro atoms. The summed E-state index contributed by atoms with van der Waals surface area (Å²) in [5.41, 5.74) is 3.25. The van der Waals surface area contributed by atoms with E-state index in [2.05, 4.69) is 48.0 Å². The lowest BCUT2D eigenvalue weighted by atomic mass is 9.89. The van der Waals surface area contributed by atoms with Crippen LogP contribution in [0.3, 0.4) is 0 Å². The number of fused-ring (bicyclic) bond motifs is 7. The summed E-state index contributed by atoms with van der Waals surface area (Å²) < 4.78 is 29.8. The fourth-order valence-electron chi connectivity index (χ4n) is 7.44. The molecule has 0 radical (unpaired) electrons. The number of phenols is 4. The van der Waals surface area contributed by atoms with Crippen LogP contribution in [-0.4, -0.2) is 85.8 Å². The number of methoxy groups -OCH3 is 1. The molecule has 1 saturated heterocycles. The van der Waals surface area contributed by atoms with Gasteiger partial charge >= 0.3 is 0 Å². The zero-order valence-electron chi connectivity index (χ0n) is 28.9. The van der Waals surface area contributed by atoms with Gasteiger partial charge in [-0.1, -0.05) is 12.1 Å². The number of ether oxygens (including phenoxy) is 4. The number of hydrogen-bond donors (Lipinski definition) is 8. The van der Waals surface area contributed by atoms with Crippen molar-refractivity contribution in [2.75, 3.05) is 20.5 Å². The van der Waals surface area contributed by atoms with Crippen molar-refractivity contribution in [3.63, 3.8) is 0 Å². The smallest absolute Gasteiger partial charge is 0.231 e. The lowest BCUT2D eigenvalue weighted by Crippen LogP contribution is -2.55. The lowest BCUT2D eigenvalue weighted by molar-refractivity contribution is -0.686. The molecule has 1 fully saturated rings. The number of aryl methyl sites for hydroxylation is 3. The van der Waals surface area contributed by atoms with Crippen molar-refractivity contribution < 1.29 is 68.8 Å². The van der Waals surface area contributed by atoms with Crippen molar-refractivity contribution in [3.05, 3.63) is 81.6 Å². The third-order valence-electron chi connectivity index (χ3n) is 10.2. The first kappa shape index (κ1) is 35.2. The average molecular weight is 743 g/mol. The van der Waals surface area contributed by atoms with Crippen molar-refractivity contribution in [2.24, 2.45) is 0 Å². The van der Waals surface area contributed by atoms with E-state index in [-0.39, 0.29) is 16.6 Å². The number of aliphatic hydroxyl groups excluding tert-OH is 4. The van der Waals surface area contributed by atoms with E-state index in [4.69, 9.17) is 23.4 Å². The summed E-state index contributed by atoms with van der Waals surface area (Å²) in [6, 6.07) is 13.7. The molecule has 280 valence electrons. The van der Waals surface area contributed by atoms with Gasteiger partial charge < -0.3 is 64.2 Å². The summed E-state index contributed by atoms with van der Waals surface area (Å²) in [5, 5.41) is 81.7. The first-order chi connectivity index (χ1) is 25.9. The van der Waals surface area contributed by atoms with Gasteiger partial charge in [0, 0.05) is 24.6 Å². The quantitative estimate of drug-likeness (QED) is 0.0741. The maximum Gasteiger partial charge on any atom is 0.231 e. The number of aromatic hydroxyl groups is 4. The molecule has 0 amide bonds. The lowest BCUT2D eigenvalue weighted by Gasteiger charge is -2.40. The van der Waals surface area contributed by atoms with E-state index in [0.717, 1.165) is 59.4 Å². The number of aliphatic hydroxyl groups is 4. The Morgan fingerprint density at radius 1 is 0.852 bits per heavy atom. The molecule has 6 aromatic rings. The first-order valence-electron chi connectivity index (χ1n) is 17.0. The Balaban J connectivity index is 0.000000156. The molecule has 54 heavy (non-hydrogen) atoms. The molecule has 0 bridgehead atoms. The fourth-order valence-corrected chi connectivity index (χ4v) is 7.44. The Bertz CT molecular complexity index is 2550. The summed E-state index contributed by atoms with van der Waals surface area (Å²) in [7, 11) is 1.74. The minimum Gasteiger partial charge on any atom is -0.507 e. The molecule has 9 rings (SSSR count). The Morgan fingerprint density at radius 2 is 1.57 bits per heavy atom. The average Bonchev–Trinajstić information content (AvgIpc) is 3.62. The van der Waals surface area contributed by atoms with Crippen LogP contribution in [0.1, 0.15) is 22.8 Å². The van der Waals surface area contributed by atoms with Crippen LogP contribution < -0.4 is 24.2 Å². The highest BCUT2D eigenvalue weighted by atomic mass is 16.7. The Kier molecular flexibility index (Phi) is 8.62. The van der Waals surface area contributed by atoms with Gasteiger partial charge in [-0.25, -0.2) is 0 Å². The first-order valence-corrected chi connectivity index (χ1v) is 17.0. The molecule has 5 atom stereocenters. The van der Waals surface area contributed by atoms with Crippen LogP contribution in [0.4, 0.5) is 0 Å². The van der Waals surface area contributed by atoms with E-state index in [9.17, 15) is 45.6 Å². The van der Waals surface area contributed by atoms with Crippen LogP contribution in [0.15, 0.2) is 63.9 Å². The van der Waals surface area contributed by atoms with Crippen LogP contribution in [0.2, 0.25) is 0 Å². The van der Waals surface area contributed by atoms with E-state index in [1.54, 1.807) is 7.11 Å². The minimum atomic E-state index is -1.81. The van der Waals surface area contributed by atoms with Crippen molar-refractivity contribution in [1.29, 1.82) is 0 Å². The molecule has 15 nitrogen and oxygen atoms in total. The molecule has 15 heteroatoms. The second-order valence-corrected chi connectivity index (χ2v) is 13.4. The summed E-state index contributed by atoms with van der Waals surface area (Å²) >= 11 is 0. The second kappa shape index (κ2) is 13.2. The molecule has 5 unspecified atom stereocenters. The monoisotopic (exact) mass is 742 g/mol. The normalized spacial score (nSPS) is 21.4. The molecule has 8 N–H and O–H groups in total. The Labute approximate surface area is 305 Å². The minimum absolute atomic E-state index is 0.123. The number of pyridine rings is 1. The fraction of sp³-hybridized carbons (Fsp3) is 0.282. The summed E-state index contributed by atoms with van der Waals surface area (Å²) in [6.07, 6.45) is -4.96. The van der Waals surface area contributed by atoms with Gasteiger partial charge in [0.05, 0.1) is 35.6 Å². The zero-order chi connectivity index (χ0) is 38.2. The van der Waals surface area contributed by atoms with Crippen LogP contribution in [0.25, 0.3) is 44.0 Å². The molecule has 3 aliphatic heterocycles. The van der Waals surface area contributed by atoms with Gasteiger partial charge in [0.2, 0.25) is 17.9 Å². The van der Waals surface area contributed by atoms with Gasteiger partial charge in [0.1, 0.15) is 64.3 Å². The third kappa shape index (κ3) is 5.56. The van der Waals surface area contributed by atoms with Crippen LogP contribution in [0.5, 0.6) is 40.2 Å². The van der Waals surface area contributed by atoms with Crippen molar-refractivity contribution in [1.82, 2.24) is 0 Å². The highest BCUT2D eigenvalue weighted by Crippen LogP contribution is 2.45. The molecule has 4 aromatic carbocycles. The summed E-state index contributed by atoms with van der Waals surface area (Å²) in [6.45, 7) is 2.62. The molecule has 0 aliphatic carbocycles. The Morgan fingerprint density at radius 3 is 2.31 bits per heavy atom. The predicted molar refractivity (Wildman–Crippen MR) is 190 cm³/mol. The number of benzene rings is 4. The van der Waals surface area contributed by atoms with E-state index in [0.29, 0.717) is 6.79 Å². The maximum absolute atomic E-state index is 12.9. The van der Waals surface area contributed by atoms with Gasteiger partial charge in [-0.2, -0.15) is 4.57 Å². The van der Waals surface area contributed by atoms with Crippen molar-refractivity contribution in [3.8, 4) is 51.5 Å². The second-order valence-electron chi connectivity index (χ2n) is 13.4. The molecule has 5 heterocycles. The van der Waals surface area contributed by atoms with E-state index in [1.807, 2.05) is 0 Å². The van der Waals surface area contributed by atoms with Gasteiger partial charge in [-0.3, -0.25) is 4.79 Å². The van der Waals surface area contributed by atoms with E-state index < -0.39 is 76.5 Å². The number of rotatable bonds is 3. The highest BCUT2D eigenvalue weighted by molar-refractivity contribution is 5.96. The number of nitrogens with zero attached hydrogens (tertiary/aromatic N) is 1. The van der Waals surface area contributed by atoms with Gasteiger partial charge in [-0.05, 0) is 41.6 Å². The highest BCUT2D eigenvalue weighted by Gasteiger charge is 2.46. The summed E-state index contributed by atoms with van der Waals surface area (Å²) in [5.74, 6) is 0.0358. The van der Waals surface area contributed by atoms with E-state index in [1.165, 1.54) is 22.2 Å². The van der Waals surface area contributed by atoms with Gasteiger partial charge in [0.15, 0.2) is 35.7 Å². The van der Waals surface area contributed by atoms with E-state index >= 15 is 0 Å². The molecule has 3 aliphatic rings. The Hall–Kier alpha value is -5.84. The van der Waals surface area contributed by atoms with Crippen LogP contribution in [0, 0.1) is 6.92 Å². The number of phenolic OH excluding ortho intramolecular Hbond substituents is 4. The topological polar surface area (TPSA) is 233 Å². The standard InChI is InChI=1S/C20H18NO3.C19H18O11/c1-12-3-4-13-7-17-15-9-19-18(23-11-24-19)8-14(15)5-6-21(17)10-16(13)20(12)22-2;20-4-11-15(25)17(27)18(28)19(30-11)12-8(23)3-10-13(16(12)26)14(24)5-1-6(21)7(22)2-9(5)29-10/h3-4,7-10H,5-6,11H2,1-2H3;1-3,11,15,17-23,25-28H,4H2/q+1;. The maximum atomic E-state index is 12.9. The SMILES string of the molecule is COc1c(C)ccc2cc3[n+](cc12)CCc1cc2c(cc1-3)OCO2.O=c1c2cc(O)c(O)cc2oc2cc(O)c(C3OC(CO)C(O)C(O)C3O)c(O)c12. The zero-order valence-corrected chi connectivity index (χ0v) is 28.9. The van der Waals surface area contributed by atoms with Gasteiger partial charge in [0.25, 0.3) is 0 Å². The largest absolute Gasteiger partial charge is 0.507 e. The molecule has 2 aromatic heterocycles. The third-order valence-corrected chi connectivity index (χ3v) is 10.2. The number of aromatic nitrogens is 1. The number of hydrogen-bond acceptors (Lipinski definition) is 14. The molecular weight excluding hydrogens is 706 g/mol. The van der Waals surface area contributed by atoms with Gasteiger partial charge in [-0.15, -0.1) is 0 Å². The van der Waals surface area contributed by atoms with Crippen LogP contribution in [-0.2, 0) is 17.7 Å². The van der Waals surface area contributed by atoms with Crippen molar-refractivity contribution >= 4 is 32.7 Å². The molecule has 0 saturated carbocycles. The predicted octanol–water partition coefficient (Wildman–Crippen LogP) is 2.68.